The zero-order valence-electron chi connectivity index (χ0n) is 12.0. The number of hydrogen-bond acceptors (Lipinski definition) is 4. The summed E-state index contributed by atoms with van der Waals surface area (Å²) in [5.41, 5.74) is 6.14. The number of nitrogen functional groups attached to an aromatic ring is 1. The molecule has 7 heteroatoms. The normalized spacial score (nSPS) is 19.5. The lowest BCUT2D eigenvalue weighted by Crippen LogP contribution is -2.47. The minimum absolute atomic E-state index is 0.0464. The molecule has 114 valence electrons. The highest BCUT2D eigenvalue weighted by Crippen LogP contribution is 2.29. The van der Waals surface area contributed by atoms with E-state index in [4.69, 9.17) is 5.73 Å². The molecule has 1 aliphatic heterocycles. The molecule has 7 nitrogen and oxygen atoms in total. The van der Waals surface area contributed by atoms with Gasteiger partial charge in [-0.1, -0.05) is 0 Å². The molecule has 21 heavy (non-hydrogen) atoms. The number of hydrogen-bond donors (Lipinski definition) is 2. The second-order valence-corrected chi connectivity index (χ2v) is 5.91. The largest absolute Gasteiger partial charge is 0.396 e. The van der Waals surface area contributed by atoms with Crippen LogP contribution in [0.3, 0.4) is 0 Å². The highest BCUT2D eigenvalue weighted by molar-refractivity contribution is 5.81. The maximum absolute atomic E-state index is 12.2. The maximum atomic E-state index is 12.2. The number of likely N-dealkylation sites (tertiary alicyclic amines) is 1. The molecule has 2 fully saturated rings. The first kappa shape index (κ1) is 13.9. The van der Waals surface area contributed by atoms with Gasteiger partial charge >= 0.3 is 0 Å². The number of nitrogens with one attached hydrogen (secondary N) is 1. The highest BCUT2D eigenvalue weighted by Gasteiger charge is 2.32. The van der Waals surface area contributed by atoms with E-state index in [0.717, 1.165) is 25.7 Å². The van der Waals surface area contributed by atoms with Crippen LogP contribution < -0.4 is 11.1 Å². The first-order chi connectivity index (χ1) is 10.1. The summed E-state index contributed by atoms with van der Waals surface area (Å²) < 4.78 is 1.55. The van der Waals surface area contributed by atoms with Gasteiger partial charge in [0.2, 0.25) is 11.8 Å². The fourth-order valence-corrected chi connectivity index (χ4v) is 2.64. The topological polar surface area (TPSA) is 93.2 Å². The van der Waals surface area contributed by atoms with Crippen molar-refractivity contribution in [3.8, 4) is 0 Å². The van der Waals surface area contributed by atoms with E-state index in [2.05, 4.69) is 10.4 Å². The summed E-state index contributed by atoms with van der Waals surface area (Å²) in [7, 11) is 0. The summed E-state index contributed by atoms with van der Waals surface area (Å²) in [5, 5.41) is 7.10. The maximum Gasteiger partial charge on any atom is 0.244 e. The van der Waals surface area contributed by atoms with E-state index in [-0.39, 0.29) is 30.3 Å². The van der Waals surface area contributed by atoms with Crippen LogP contribution in [-0.4, -0.2) is 45.6 Å². The number of piperidine rings is 1. The number of rotatable bonds is 4. The second kappa shape index (κ2) is 5.75. The molecule has 0 bridgehead atoms. The third-order valence-electron chi connectivity index (χ3n) is 4.09. The Kier molecular flexibility index (Phi) is 3.81. The first-order valence-corrected chi connectivity index (χ1v) is 7.48. The summed E-state index contributed by atoms with van der Waals surface area (Å²) >= 11 is 0. The lowest BCUT2D eigenvalue weighted by atomic mass is 10.0. The standard InChI is InChI=1S/C14H21N5O2/c15-11-7-16-19(8-11)9-13(20)18-5-3-12(4-6-18)17-14(21)10-1-2-10/h7-8,10,12H,1-6,9,15H2,(H,17,21). The molecule has 1 aliphatic carbocycles. The fourth-order valence-electron chi connectivity index (χ4n) is 2.64. The zero-order valence-corrected chi connectivity index (χ0v) is 12.0. The molecule has 0 unspecified atom stereocenters. The third kappa shape index (κ3) is 3.53. The van der Waals surface area contributed by atoms with Gasteiger partial charge in [-0.15, -0.1) is 0 Å². The van der Waals surface area contributed by atoms with Crippen LogP contribution in [0.25, 0.3) is 0 Å². The molecule has 3 rings (SSSR count). The Bertz CT molecular complexity index is 529. The average Bonchev–Trinajstić information content (AvgIpc) is 3.24. The SMILES string of the molecule is Nc1cnn(CC(=O)N2CCC(NC(=O)C3CC3)CC2)c1. The average molecular weight is 291 g/mol. The van der Waals surface area contributed by atoms with E-state index in [1.165, 1.54) is 6.20 Å². The van der Waals surface area contributed by atoms with Crippen LogP contribution in [0.5, 0.6) is 0 Å². The van der Waals surface area contributed by atoms with Crippen molar-refractivity contribution in [2.24, 2.45) is 5.92 Å². The Labute approximate surface area is 123 Å². The molecule has 0 atom stereocenters. The van der Waals surface area contributed by atoms with Gasteiger partial charge in [0.1, 0.15) is 6.54 Å². The van der Waals surface area contributed by atoms with Crippen molar-refractivity contribution >= 4 is 17.5 Å². The van der Waals surface area contributed by atoms with Crippen molar-refractivity contribution in [3.63, 3.8) is 0 Å². The van der Waals surface area contributed by atoms with Crippen molar-refractivity contribution in [1.29, 1.82) is 0 Å². The van der Waals surface area contributed by atoms with E-state index >= 15 is 0 Å². The quantitative estimate of drug-likeness (QED) is 0.815. The van der Waals surface area contributed by atoms with Gasteiger partial charge in [-0.2, -0.15) is 5.10 Å². The van der Waals surface area contributed by atoms with Crippen LogP contribution in [-0.2, 0) is 16.1 Å². The summed E-state index contributed by atoms with van der Waals surface area (Å²) in [6.45, 7) is 1.59. The smallest absolute Gasteiger partial charge is 0.244 e. The summed E-state index contributed by atoms with van der Waals surface area (Å²) in [6.07, 6.45) is 6.89. The monoisotopic (exact) mass is 291 g/mol. The molecule has 0 aromatic carbocycles. The Hall–Kier alpha value is -2.05. The van der Waals surface area contributed by atoms with Gasteiger partial charge in [-0.25, -0.2) is 0 Å². The molecule has 1 saturated carbocycles. The van der Waals surface area contributed by atoms with E-state index in [9.17, 15) is 9.59 Å². The second-order valence-electron chi connectivity index (χ2n) is 5.91. The molecule has 2 amide bonds. The van der Waals surface area contributed by atoms with Crippen molar-refractivity contribution < 1.29 is 9.59 Å². The molecule has 1 aromatic rings. The van der Waals surface area contributed by atoms with Crippen LogP contribution in [0.2, 0.25) is 0 Å². The molecule has 2 heterocycles. The Morgan fingerprint density at radius 3 is 2.57 bits per heavy atom. The molecule has 1 aromatic heterocycles. The lowest BCUT2D eigenvalue weighted by Gasteiger charge is -2.32. The van der Waals surface area contributed by atoms with Crippen LogP contribution in [0.1, 0.15) is 25.7 Å². The minimum atomic E-state index is 0.0464. The van der Waals surface area contributed by atoms with E-state index in [0.29, 0.717) is 18.8 Å². The van der Waals surface area contributed by atoms with Crippen LogP contribution in [0.4, 0.5) is 5.69 Å². The third-order valence-corrected chi connectivity index (χ3v) is 4.09. The van der Waals surface area contributed by atoms with Crippen LogP contribution in [0, 0.1) is 5.92 Å². The van der Waals surface area contributed by atoms with Crippen molar-refractivity contribution in [2.45, 2.75) is 38.3 Å². The number of aromatic nitrogens is 2. The lowest BCUT2D eigenvalue weighted by molar-refractivity contribution is -0.133. The van der Waals surface area contributed by atoms with E-state index in [1.807, 2.05) is 4.90 Å². The zero-order chi connectivity index (χ0) is 14.8. The Morgan fingerprint density at radius 1 is 1.29 bits per heavy atom. The number of carbonyl (C=O) groups excluding carboxylic acids is 2. The number of nitrogens with zero attached hydrogens (tertiary/aromatic N) is 3. The minimum Gasteiger partial charge on any atom is -0.396 e. The van der Waals surface area contributed by atoms with Gasteiger partial charge in [-0.3, -0.25) is 14.3 Å². The molecule has 3 N–H and O–H groups in total. The summed E-state index contributed by atoms with van der Waals surface area (Å²) in [4.78, 5) is 25.7. The van der Waals surface area contributed by atoms with Gasteiger partial charge in [0.05, 0.1) is 11.9 Å². The van der Waals surface area contributed by atoms with Crippen LogP contribution >= 0.6 is 0 Å². The first-order valence-electron chi connectivity index (χ1n) is 7.48. The predicted molar refractivity (Wildman–Crippen MR) is 77.1 cm³/mol. The highest BCUT2D eigenvalue weighted by atomic mass is 16.2. The van der Waals surface area contributed by atoms with Crippen molar-refractivity contribution in [2.75, 3.05) is 18.8 Å². The molecular formula is C14H21N5O2. The van der Waals surface area contributed by atoms with E-state index in [1.54, 1.807) is 10.9 Å². The fraction of sp³-hybridized carbons (Fsp3) is 0.643. The Morgan fingerprint density at radius 2 is 2.00 bits per heavy atom. The molecule has 0 radical (unpaired) electrons. The summed E-state index contributed by atoms with van der Waals surface area (Å²) in [6, 6.07) is 0.211. The molecule has 2 aliphatic rings. The summed E-state index contributed by atoms with van der Waals surface area (Å²) in [5.74, 6) is 0.479. The van der Waals surface area contributed by atoms with Crippen molar-refractivity contribution in [3.05, 3.63) is 12.4 Å². The van der Waals surface area contributed by atoms with Gasteiger partial charge in [0.15, 0.2) is 0 Å². The van der Waals surface area contributed by atoms with E-state index < -0.39 is 0 Å². The van der Waals surface area contributed by atoms with Gasteiger partial charge in [0, 0.05) is 31.2 Å². The van der Waals surface area contributed by atoms with Gasteiger partial charge in [-0.05, 0) is 25.7 Å². The van der Waals surface area contributed by atoms with Crippen molar-refractivity contribution in [1.82, 2.24) is 20.0 Å². The predicted octanol–water partition coefficient (Wildman–Crippen LogP) is -0.0175. The molecule has 1 saturated heterocycles. The number of anilines is 1. The molecule has 0 spiro atoms. The van der Waals surface area contributed by atoms with Gasteiger partial charge < -0.3 is 16.0 Å². The number of amides is 2. The molecular weight excluding hydrogens is 270 g/mol. The Balaban J connectivity index is 1.44. The van der Waals surface area contributed by atoms with Crippen LogP contribution in [0.15, 0.2) is 12.4 Å². The number of carbonyl (C=O) groups is 2. The van der Waals surface area contributed by atoms with Gasteiger partial charge in [0.25, 0.3) is 0 Å². The number of nitrogens with two attached hydrogens (primary N) is 1.